The minimum atomic E-state index is -4.29. The number of likely N-dealkylation sites (N-methyl/N-ethyl adjacent to an activating group) is 1. The third kappa shape index (κ3) is 47.3. The van der Waals surface area contributed by atoms with Gasteiger partial charge in [0.1, 0.15) is 19.3 Å². The first-order valence-electron chi connectivity index (χ1n) is 24.5. The molecule has 0 aliphatic heterocycles. The number of hydrogen-bond donors (Lipinski definition) is 1. The van der Waals surface area contributed by atoms with E-state index in [1.54, 1.807) is 0 Å². The minimum Gasteiger partial charge on any atom is -0.457 e. The molecule has 0 aromatic rings. The Bertz CT molecular complexity index is 1140. The average Bonchev–Trinajstić information content (AvgIpc) is 3.20. The van der Waals surface area contributed by atoms with Crippen molar-refractivity contribution in [2.45, 2.75) is 206 Å². The maximum atomic E-state index is 12.7. The van der Waals surface area contributed by atoms with Crippen molar-refractivity contribution in [3.8, 4) is 0 Å². The van der Waals surface area contributed by atoms with Crippen LogP contribution in [0.25, 0.3) is 0 Å². The van der Waals surface area contributed by atoms with Crippen molar-refractivity contribution in [3.63, 3.8) is 0 Å². The van der Waals surface area contributed by atoms with Gasteiger partial charge in [-0.15, -0.1) is 0 Å². The van der Waals surface area contributed by atoms with Gasteiger partial charge in [-0.3, -0.25) is 13.8 Å². The van der Waals surface area contributed by atoms with Crippen LogP contribution in [0.1, 0.15) is 200 Å². The molecule has 9 heteroatoms. The Hall–Kier alpha value is -1.80. The van der Waals surface area contributed by atoms with Crippen molar-refractivity contribution in [1.29, 1.82) is 0 Å². The molecular weight excluding hydrogens is 770 g/mol. The molecule has 0 heterocycles. The molecule has 0 radical (unpaired) electrons. The normalized spacial score (nSPS) is 14.2. The Morgan fingerprint density at radius 3 is 1.42 bits per heavy atom. The van der Waals surface area contributed by atoms with Crippen LogP contribution in [0.15, 0.2) is 60.8 Å². The lowest BCUT2D eigenvalue weighted by Gasteiger charge is -2.24. The highest BCUT2D eigenvalue weighted by atomic mass is 31.2. The van der Waals surface area contributed by atoms with Crippen LogP contribution in [0.4, 0.5) is 0 Å². The number of quaternary nitrogens is 1. The minimum absolute atomic E-state index is 0.0789. The molecular formula is C51H95NO7P+. The Kier molecular flexibility index (Phi) is 42.5. The quantitative estimate of drug-likeness (QED) is 0.0214. The predicted octanol–water partition coefficient (Wildman–Crippen LogP) is 14.9. The molecule has 0 aromatic carbocycles. The maximum Gasteiger partial charge on any atom is 0.472 e. The molecule has 0 saturated heterocycles. The van der Waals surface area contributed by atoms with Gasteiger partial charge in [0.25, 0.3) is 0 Å². The summed E-state index contributed by atoms with van der Waals surface area (Å²) in [6.45, 7) is 5.41. The number of rotatable bonds is 45. The molecule has 0 bridgehead atoms. The summed E-state index contributed by atoms with van der Waals surface area (Å²) in [5.41, 5.74) is 0. The van der Waals surface area contributed by atoms with E-state index in [1.807, 2.05) is 21.1 Å². The zero-order valence-electron chi connectivity index (χ0n) is 39.7. The lowest BCUT2D eigenvalue weighted by atomic mass is 10.0. The number of nitrogens with zero attached hydrogens (tertiary/aromatic N) is 1. The van der Waals surface area contributed by atoms with Gasteiger partial charge in [0, 0.05) is 13.0 Å². The van der Waals surface area contributed by atoms with Crippen LogP contribution in [0.2, 0.25) is 0 Å². The van der Waals surface area contributed by atoms with E-state index >= 15 is 0 Å². The van der Waals surface area contributed by atoms with Crippen molar-refractivity contribution < 1.29 is 37.3 Å². The second kappa shape index (κ2) is 43.8. The zero-order valence-corrected chi connectivity index (χ0v) is 40.6. The Morgan fingerprint density at radius 1 is 0.533 bits per heavy atom. The average molecular weight is 865 g/mol. The van der Waals surface area contributed by atoms with Crippen LogP contribution < -0.4 is 0 Å². The molecule has 0 saturated carbocycles. The van der Waals surface area contributed by atoms with Gasteiger partial charge in [0.05, 0.1) is 34.4 Å². The van der Waals surface area contributed by atoms with E-state index in [4.69, 9.17) is 18.5 Å². The number of esters is 1. The van der Waals surface area contributed by atoms with Crippen LogP contribution in [0.5, 0.6) is 0 Å². The number of carbonyl (C=O) groups excluding carboxylic acids is 1. The fourth-order valence-electron chi connectivity index (χ4n) is 6.58. The SMILES string of the molecule is CC/C=C\C/C=C\C/C=C\C/C=C\C/C=C\CCCCOCC(COP(=O)(O)OCC[N+](C)(C)C)OC(=O)CCCCCCCCCCCCCCCCCCCCCC. The summed E-state index contributed by atoms with van der Waals surface area (Å²) in [6, 6.07) is 0. The largest absolute Gasteiger partial charge is 0.472 e. The monoisotopic (exact) mass is 865 g/mol. The molecule has 8 nitrogen and oxygen atoms in total. The summed E-state index contributed by atoms with van der Waals surface area (Å²) in [6.07, 6.45) is 55.6. The smallest absolute Gasteiger partial charge is 0.457 e. The molecule has 60 heavy (non-hydrogen) atoms. The zero-order chi connectivity index (χ0) is 44.1. The fraction of sp³-hybridized carbons (Fsp3) is 0.784. The Morgan fingerprint density at radius 2 is 0.967 bits per heavy atom. The van der Waals surface area contributed by atoms with E-state index in [1.165, 1.54) is 109 Å². The number of unbranched alkanes of at least 4 members (excludes halogenated alkanes) is 21. The first-order chi connectivity index (χ1) is 29.1. The maximum absolute atomic E-state index is 12.7. The summed E-state index contributed by atoms with van der Waals surface area (Å²) in [4.78, 5) is 23.0. The molecule has 0 aliphatic carbocycles. The second-order valence-electron chi connectivity index (χ2n) is 17.5. The third-order valence-corrected chi connectivity index (χ3v) is 11.3. The highest BCUT2D eigenvalue weighted by Crippen LogP contribution is 2.43. The lowest BCUT2D eigenvalue weighted by Crippen LogP contribution is -2.37. The van der Waals surface area contributed by atoms with Crippen LogP contribution in [0.3, 0.4) is 0 Å². The molecule has 0 rings (SSSR count). The van der Waals surface area contributed by atoms with Crippen molar-refractivity contribution >= 4 is 13.8 Å². The molecule has 350 valence electrons. The predicted molar refractivity (Wildman–Crippen MR) is 256 cm³/mol. The van der Waals surface area contributed by atoms with E-state index in [-0.39, 0.29) is 25.8 Å². The van der Waals surface area contributed by atoms with E-state index in [0.29, 0.717) is 24.1 Å². The van der Waals surface area contributed by atoms with E-state index < -0.39 is 13.9 Å². The fourth-order valence-corrected chi connectivity index (χ4v) is 7.32. The lowest BCUT2D eigenvalue weighted by molar-refractivity contribution is -0.870. The molecule has 0 amide bonds. The van der Waals surface area contributed by atoms with Crippen molar-refractivity contribution in [2.24, 2.45) is 0 Å². The highest BCUT2D eigenvalue weighted by molar-refractivity contribution is 7.47. The van der Waals surface area contributed by atoms with Gasteiger partial charge in [-0.2, -0.15) is 0 Å². The molecule has 0 aromatic heterocycles. The molecule has 0 fully saturated rings. The van der Waals surface area contributed by atoms with Gasteiger partial charge < -0.3 is 18.9 Å². The summed E-state index contributed by atoms with van der Waals surface area (Å²) >= 11 is 0. The summed E-state index contributed by atoms with van der Waals surface area (Å²) in [5.74, 6) is -0.327. The Balaban J connectivity index is 4.23. The van der Waals surface area contributed by atoms with E-state index in [9.17, 15) is 14.3 Å². The van der Waals surface area contributed by atoms with Gasteiger partial charge in [-0.05, 0) is 57.8 Å². The van der Waals surface area contributed by atoms with Crippen molar-refractivity contribution in [3.05, 3.63) is 60.8 Å². The molecule has 2 atom stereocenters. The molecule has 0 spiro atoms. The number of phosphoric acid groups is 1. The van der Waals surface area contributed by atoms with Crippen molar-refractivity contribution in [1.82, 2.24) is 0 Å². The number of allylic oxidation sites excluding steroid dienone is 10. The Labute approximate surface area is 370 Å². The number of ether oxygens (including phenoxy) is 2. The van der Waals surface area contributed by atoms with Gasteiger partial charge in [-0.25, -0.2) is 4.57 Å². The number of carbonyl (C=O) groups is 1. The number of hydrogen-bond acceptors (Lipinski definition) is 6. The molecule has 2 unspecified atom stereocenters. The van der Waals surface area contributed by atoms with E-state index in [0.717, 1.165) is 70.6 Å². The molecule has 0 aliphatic rings. The van der Waals surface area contributed by atoms with Crippen LogP contribution in [0, 0.1) is 0 Å². The summed E-state index contributed by atoms with van der Waals surface area (Å²) in [5, 5.41) is 0. The summed E-state index contributed by atoms with van der Waals surface area (Å²) < 4.78 is 35.0. The number of phosphoric ester groups is 1. The first kappa shape index (κ1) is 58.2. The summed E-state index contributed by atoms with van der Waals surface area (Å²) in [7, 11) is 1.64. The first-order valence-corrected chi connectivity index (χ1v) is 26.0. The van der Waals surface area contributed by atoms with Gasteiger partial charge >= 0.3 is 13.8 Å². The topological polar surface area (TPSA) is 91.3 Å². The van der Waals surface area contributed by atoms with Crippen molar-refractivity contribution in [2.75, 3.05) is 54.1 Å². The second-order valence-corrected chi connectivity index (χ2v) is 18.9. The van der Waals surface area contributed by atoms with Gasteiger partial charge in [-0.1, -0.05) is 197 Å². The standard InChI is InChI=1S/C51H94NO7P/c1-6-8-10-12-14-16-18-20-22-24-26-27-28-30-32-34-36-38-40-42-44-51(53)59-50(49-58-60(54,55)57-47-45-52(3,4)5)48-56-46-43-41-39-37-35-33-31-29-25-23-21-19-17-15-13-11-9-7-2/h9,11,15,17,21,23,29,31,35,37,50H,6-8,10,12-14,16,18-20,22,24-28,30,32-34,36,38-49H2,1-5H3/p+1/b11-9-,17-15-,23-21-,31-29-,37-35-. The van der Waals surface area contributed by atoms with Crippen LogP contribution in [-0.2, 0) is 27.9 Å². The third-order valence-electron chi connectivity index (χ3n) is 10.3. The highest BCUT2D eigenvalue weighted by Gasteiger charge is 2.26. The van der Waals surface area contributed by atoms with Gasteiger partial charge in [0.15, 0.2) is 0 Å². The van der Waals surface area contributed by atoms with Crippen LogP contribution >= 0.6 is 7.82 Å². The molecule has 1 N–H and O–H groups in total. The van der Waals surface area contributed by atoms with E-state index in [2.05, 4.69) is 74.6 Å². The van der Waals surface area contributed by atoms with Gasteiger partial charge in [0.2, 0.25) is 0 Å². The van der Waals surface area contributed by atoms with Crippen LogP contribution in [-0.4, -0.2) is 75.6 Å².